The van der Waals surface area contributed by atoms with Gasteiger partial charge in [0, 0.05) is 0 Å². The van der Waals surface area contributed by atoms with Gasteiger partial charge in [-0.1, -0.05) is 102 Å². The minimum atomic E-state index is -0.865. The minimum Gasteiger partial charge on any atom is -0.0628 e. The molecule has 3 aromatic carbocycles. The van der Waals surface area contributed by atoms with Gasteiger partial charge in [0.15, 0.2) is 0 Å². The zero-order chi connectivity index (χ0) is 16.2. The lowest BCUT2D eigenvalue weighted by molar-refractivity contribution is 1.03. The lowest BCUT2D eigenvalue weighted by atomic mass is 10.0. The summed E-state index contributed by atoms with van der Waals surface area (Å²) in [5.41, 5.74) is 4.76. The highest BCUT2D eigenvalue weighted by Gasteiger charge is 2.26. The summed E-state index contributed by atoms with van der Waals surface area (Å²) in [5.74, 6) is 0. The molecule has 0 fully saturated rings. The van der Waals surface area contributed by atoms with Gasteiger partial charge in [-0.25, -0.2) is 0 Å². The maximum Gasteiger partial charge on any atom is 0.128 e. The van der Waals surface area contributed by atoms with Gasteiger partial charge in [-0.15, -0.1) is 0 Å². The normalized spacial score (nSPS) is 12.3. The van der Waals surface area contributed by atoms with Crippen LogP contribution < -0.4 is 10.4 Å². The van der Waals surface area contributed by atoms with Crippen molar-refractivity contribution in [2.75, 3.05) is 0 Å². The third-order valence-electron chi connectivity index (χ3n) is 4.49. The first-order valence-corrected chi connectivity index (χ1v) is 9.79. The lowest BCUT2D eigenvalue weighted by Crippen LogP contribution is -2.46. The summed E-state index contributed by atoms with van der Waals surface area (Å²) in [6.07, 6.45) is 0. The zero-order valence-corrected chi connectivity index (χ0v) is 15.1. The molecule has 0 N–H and O–H groups in total. The van der Waals surface area contributed by atoms with Crippen molar-refractivity contribution < 1.29 is 0 Å². The molecule has 0 amide bonds. The van der Waals surface area contributed by atoms with Crippen LogP contribution in [-0.4, -0.2) is 8.80 Å². The third-order valence-corrected chi connectivity index (χ3v) is 7.58. The fraction of sp³-hybridized carbons (Fsp3) is 0.182. The second-order valence-corrected chi connectivity index (χ2v) is 9.08. The smallest absolute Gasteiger partial charge is 0.0628 e. The van der Waals surface area contributed by atoms with Gasteiger partial charge in [0.1, 0.15) is 8.80 Å². The van der Waals surface area contributed by atoms with Crippen LogP contribution in [0.4, 0.5) is 0 Å². The van der Waals surface area contributed by atoms with Gasteiger partial charge >= 0.3 is 0 Å². The Labute approximate surface area is 141 Å². The highest BCUT2D eigenvalue weighted by molar-refractivity contribution is 6.86. The fourth-order valence-corrected chi connectivity index (χ4v) is 6.44. The molecule has 0 bridgehead atoms. The van der Waals surface area contributed by atoms with Crippen molar-refractivity contribution >= 4 is 19.2 Å². The molecule has 0 aliphatic carbocycles. The second-order valence-electron chi connectivity index (χ2n) is 6.23. The van der Waals surface area contributed by atoms with Crippen molar-refractivity contribution in [3.8, 4) is 0 Å². The van der Waals surface area contributed by atoms with Crippen molar-refractivity contribution in [2.45, 2.75) is 26.3 Å². The topological polar surface area (TPSA) is 0 Å². The minimum absolute atomic E-state index is 0.533. The van der Waals surface area contributed by atoms with Crippen LogP contribution in [0, 0.1) is 13.8 Å². The second kappa shape index (κ2) is 6.97. The Hall–Kier alpha value is -2.12. The molecule has 1 atom stereocenters. The number of aryl methyl sites for hydroxylation is 2. The van der Waals surface area contributed by atoms with Gasteiger partial charge < -0.3 is 0 Å². The summed E-state index contributed by atoms with van der Waals surface area (Å²) >= 11 is 0. The molecule has 0 aromatic heterocycles. The molecule has 3 aromatic rings. The van der Waals surface area contributed by atoms with E-state index in [4.69, 9.17) is 0 Å². The van der Waals surface area contributed by atoms with Crippen LogP contribution >= 0.6 is 0 Å². The number of hydrogen-bond acceptors (Lipinski definition) is 0. The molecule has 0 saturated carbocycles. The SMILES string of the molecule is Cc1ccc(C(C)[Si](c2ccccc2)c2ccccc2)c(C)c1. The van der Waals surface area contributed by atoms with E-state index in [1.165, 1.54) is 27.1 Å². The highest BCUT2D eigenvalue weighted by Crippen LogP contribution is 2.23. The van der Waals surface area contributed by atoms with Gasteiger partial charge in [-0.05, 0) is 30.5 Å². The monoisotopic (exact) mass is 315 g/mol. The lowest BCUT2D eigenvalue weighted by Gasteiger charge is -2.25. The molecular weight excluding hydrogens is 292 g/mol. The summed E-state index contributed by atoms with van der Waals surface area (Å²) in [6, 6.07) is 28.9. The maximum absolute atomic E-state index is 2.39. The first kappa shape index (κ1) is 15.8. The van der Waals surface area contributed by atoms with E-state index in [2.05, 4.69) is 99.6 Å². The molecule has 115 valence electrons. The average Bonchev–Trinajstić information content (AvgIpc) is 2.57. The van der Waals surface area contributed by atoms with Crippen LogP contribution in [0.5, 0.6) is 0 Å². The van der Waals surface area contributed by atoms with E-state index in [-0.39, 0.29) is 0 Å². The molecule has 0 aliphatic heterocycles. The Balaban J connectivity index is 2.08. The van der Waals surface area contributed by atoms with E-state index < -0.39 is 8.80 Å². The van der Waals surface area contributed by atoms with Crippen LogP contribution in [0.15, 0.2) is 78.9 Å². The number of benzene rings is 3. The Morgan fingerprint density at radius 2 is 1.22 bits per heavy atom. The molecule has 0 nitrogen and oxygen atoms in total. The van der Waals surface area contributed by atoms with Gasteiger partial charge in [0.25, 0.3) is 0 Å². The fourth-order valence-electron chi connectivity index (χ4n) is 3.37. The van der Waals surface area contributed by atoms with Gasteiger partial charge in [-0.3, -0.25) is 0 Å². The molecule has 0 saturated heterocycles. The average molecular weight is 316 g/mol. The molecule has 1 heteroatoms. The van der Waals surface area contributed by atoms with E-state index in [1.54, 1.807) is 0 Å². The Bertz CT molecular complexity index is 723. The Morgan fingerprint density at radius 3 is 1.70 bits per heavy atom. The molecule has 1 radical (unpaired) electrons. The summed E-state index contributed by atoms with van der Waals surface area (Å²) in [4.78, 5) is 0. The van der Waals surface area contributed by atoms with E-state index in [9.17, 15) is 0 Å². The first-order valence-electron chi connectivity index (χ1n) is 8.21. The van der Waals surface area contributed by atoms with Crippen molar-refractivity contribution in [1.82, 2.24) is 0 Å². The van der Waals surface area contributed by atoms with Crippen LogP contribution in [0.1, 0.15) is 29.2 Å². The van der Waals surface area contributed by atoms with Gasteiger partial charge in [0.05, 0.1) is 0 Å². The third kappa shape index (κ3) is 3.46. The number of rotatable bonds is 4. The summed E-state index contributed by atoms with van der Waals surface area (Å²) in [6.45, 7) is 6.81. The van der Waals surface area contributed by atoms with Crippen molar-refractivity contribution in [2.24, 2.45) is 0 Å². The van der Waals surface area contributed by atoms with Crippen LogP contribution in [0.2, 0.25) is 0 Å². The largest absolute Gasteiger partial charge is 0.128 e. The summed E-state index contributed by atoms with van der Waals surface area (Å²) < 4.78 is 0. The van der Waals surface area contributed by atoms with E-state index in [1.807, 2.05) is 0 Å². The molecule has 0 aliphatic rings. The molecule has 0 spiro atoms. The van der Waals surface area contributed by atoms with E-state index in [0.717, 1.165) is 0 Å². The molecule has 23 heavy (non-hydrogen) atoms. The number of hydrogen-bond donors (Lipinski definition) is 0. The Kier molecular flexibility index (Phi) is 4.78. The van der Waals surface area contributed by atoms with Crippen LogP contribution in [0.25, 0.3) is 0 Å². The molecule has 0 heterocycles. The predicted molar refractivity (Wildman–Crippen MR) is 102 cm³/mol. The van der Waals surface area contributed by atoms with Gasteiger partial charge in [-0.2, -0.15) is 0 Å². The van der Waals surface area contributed by atoms with E-state index in [0.29, 0.717) is 5.54 Å². The Morgan fingerprint density at radius 1 is 0.696 bits per heavy atom. The van der Waals surface area contributed by atoms with Crippen molar-refractivity contribution in [1.29, 1.82) is 0 Å². The standard InChI is InChI=1S/C22H23Si/c1-17-14-15-22(18(2)16-17)19(3)23(20-10-6-4-7-11-20)21-12-8-5-9-13-21/h4-16,19H,1-3H3. The van der Waals surface area contributed by atoms with Crippen molar-refractivity contribution in [3.63, 3.8) is 0 Å². The summed E-state index contributed by atoms with van der Waals surface area (Å²) in [7, 11) is -0.865. The quantitative estimate of drug-likeness (QED) is 0.631. The zero-order valence-electron chi connectivity index (χ0n) is 14.1. The molecule has 1 unspecified atom stereocenters. The van der Waals surface area contributed by atoms with Crippen LogP contribution in [-0.2, 0) is 0 Å². The van der Waals surface area contributed by atoms with Crippen molar-refractivity contribution in [3.05, 3.63) is 95.6 Å². The predicted octanol–water partition coefficient (Wildman–Crippen LogP) is 4.26. The molecular formula is C22H23Si. The summed E-state index contributed by atoms with van der Waals surface area (Å²) in [5, 5.41) is 2.97. The van der Waals surface area contributed by atoms with E-state index >= 15 is 0 Å². The van der Waals surface area contributed by atoms with Gasteiger partial charge in [0.2, 0.25) is 0 Å². The highest BCUT2D eigenvalue weighted by atomic mass is 28.3. The van der Waals surface area contributed by atoms with Crippen LogP contribution in [0.3, 0.4) is 0 Å². The maximum atomic E-state index is 2.39. The first-order chi connectivity index (χ1) is 11.2. The molecule has 3 rings (SSSR count).